The largest absolute Gasteiger partial charge is 0.494 e. The Morgan fingerprint density at radius 3 is 2.48 bits per heavy atom. The van der Waals surface area contributed by atoms with Gasteiger partial charge in [-0.25, -0.2) is 12.8 Å². The fourth-order valence-corrected chi connectivity index (χ4v) is 3.49. The van der Waals surface area contributed by atoms with Gasteiger partial charge in [0.2, 0.25) is 0 Å². The summed E-state index contributed by atoms with van der Waals surface area (Å²) in [5.74, 6) is -0.782. The number of methoxy groups -OCH3 is 1. The van der Waals surface area contributed by atoms with Crippen molar-refractivity contribution in [2.75, 3.05) is 30.8 Å². The highest BCUT2D eigenvalue weighted by molar-refractivity contribution is 7.92. The van der Waals surface area contributed by atoms with Crippen LogP contribution in [0.1, 0.15) is 0 Å². The summed E-state index contributed by atoms with van der Waals surface area (Å²) in [5, 5.41) is 0.399. The first-order valence-electron chi connectivity index (χ1n) is 6.58. The minimum Gasteiger partial charge on any atom is -0.494 e. The second-order valence-corrected chi connectivity index (χ2v) is 7.02. The first kappa shape index (κ1) is 17.4. The first-order valence-corrected chi connectivity index (χ1v) is 8.44. The van der Waals surface area contributed by atoms with Crippen LogP contribution in [0, 0.1) is 5.82 Å². The maximum Gasteiger partial charge on any atom is 0.262 e. The average Bonchev–Trinajstić information content (AvgIpc) is 2.46. The van der Waals surface area contributed by atoms with Crippen LogP contribution in [-0.4, -0.2) is 29.6 Å². The topological polar surface area (TPSA) is 58.6 Å². The molecule has 0 spiro atoms. The van der Waals surface area contributed by atoms with Crippen molar-refractivity contribution in [1.29, 1.82) is 0 Å². The number of anilines is 2. The molecule has 0 saturated carbocycles. The molecule has 0 saturated heterocycles. The molecule has 23 heavy (non-hydrogen) atoms. The zero-order chi connectivity index (χ0) is 17.2. The highest BCUT2D eigenvalue weighted by Gasteiger charge is 2.19. The number of sulfonamides is 1. The van der Waals surface area contributed by atoms with E-state index in [1.165, 1.54) is 19.2 Å². The number of hydrogen-bond acceptors (Lipinski definition) is 4. The summed E-state index contributed by atoms with van der Waals surface area (Å²) in [6.07, 6.45) is 0. The first-order chi connectivity index (χ1) is 10.8. The van der Waals surface area contributed by atoms with Gasteiger partial charge in [-0.3, -0.25) is 4.72 Å². The molecule has 0 aromatic heterocycles. The maximum atomic E-state index is 13.7. The SMILES string of the molecule is COc1ccc(S(=O)(=O)Nc2cccc(Cl)c2N(C)C)cc1F. The van der Waals surface area contributed by atoms with E-state index in [4.69, 9.17) is 16.3 Å². The Bertz CT molecular complexity index is 825. The van der Waals surface area contributed by atoms with Gasteiger partial charge in [-0.1, -0.05) is 17.7 Å². The van der Waals surface area contributed by atoms with Crippen LogP contribution in [0.3, 0.4) is 0 Å². The Balaban J connectivity index is 2.43. The standard InChI is InChI=1S/C15H16ClFN2O3S/c1-19(2)15-11(16)5-4-6-13(15)18-23(20,21)10-7-8-14(22-3)12(17)9-10/h4-9,18H,1-3H3. The van der Waals surface area contributed by atoms with E-state index in [0.29, 0.717) is 16.4 Å². The molecule has 0 atom stereocenters. The number of para-hydroxylation sites is 1. The van der Waals surface area contributed by atoms with Crippen molar-refractivity contribution in [3.63, 3.8) is 0 Å². The van der Waals surface area contributed by atoms with Gasteiger partial charge in [0.15, 0.2) is 11.6 Å². The van der Waals surface area contributed by atoms with Gasteiger partial charge in [0, 0.05) is 14.1 Å². The third-order valence-electron chi connectivity index (χ3n) is 3.11. The monoisotopic (exact) mass is 358 g/mol. The van der Waals surface area contributed by atoms with Gasteiger partial charge >= 0.3 is 0 Å². The molecule has 0 amide bonds. The molecule has 2 rings (SSSR count). The van der Waals surface area contributed by atoms with Crippen LogP contribution < -0.4 is 14.4 Å². The van der Waals surface area contributed by atoms with Crippen LogP contribution in [0.2, 0.25) is 5.02 Å². The summed E-state index contributed by atoms with van der Waals surface area (Å²) in [6.45, 7) is 0. The Kier molecular flexibility index (Phi) is 5.01. The van der Waals surface area contributed by atoms with E-state index in [1.54, 1.807) is 37.2 Å². The van der Waals surface area contributed by atoms with E-state index in [-0.39, 0.29) is 10.6 Å². The number of nitrogens with zero attached hydrogens (tertiary/aromatic N) is 1. The predicted molar refractivity (Wildman–Crippen MR) is 89.5 cm³/mol. The molecule has 0 unspecified atom stereocenters. The molecular formula is C15H16ClFN2O3S. The van der Waals surface area contributed by atoms with Gasteiger partial charge in [-0.05, 0) is 30.3 Å². The van der Waals surface area contributed by atoms with E-state index in [0.717, 1.165) is 6.07 Å². The van der Waals surface area contributed by atoms with Crippen LogP contribution in [0.5, 0.6) is 5.75 Å². The van der Waals surface area contributed by atoms with Crippen molar-refractivity contribution in [2.24, 2.45) is 0 Å². The molecule has 5 nitrogen and oxygen atoms in total. The fraction of sp³-hybridized carbons (Fsp3) is 0.200. The molecule has 0 radical (unpaired) electrons. The minimum atomic E-state index is -3.96. The smallest absolute Gasteiger partial charge is 0.262 e. The van der Waals surface area contributed by atoms with Gasteiger partial charge in [-0.2, -0.15) is 0 Å². The normalized spacial score (nSPS) is 11.2. The number of nitrogens with one attached hydrogen (secondary N) is 1. The van der Waals surface area contributed by atoms with Crippen LogP contribution >= 0.6 is 11.6 Å². The molecule has 2 aromatic rings. The zero-order valence-corrected chi connectivity index (χ0v) is 14.4. The number of hydrogen-bond donors (Lipinski definition) is 1. The number of halogens is 2. The molecule has 0 bridgehead atoms. The van der Waals surface area contributed by atoms with Crippen LogP contribution in [0.25, 0.3) is 0 Å². The summed E-state index contributed by atoms with van der Waals surface area (Å²) in [5.41, 5.74) is 0.824. The molecule has 124 valence electrons. The van der Waals surface area contributed by atoms with Crippen LogP contribution in [-0.2, 0) is 10.0 Å². The Labute approximate surface area is 139 Å². The number of ether oxygens (including phenoxy) is 1. The molecule has 0 aliphatic carbocycles. The number of benzene rings is 2. The quantitative estimate of drug-likeness (QED) is 0.890. The lowest BCUT2D eigenvalue weighted by Gasteiger charge is -2.20. The van der Waals surface area contributed by atoms with E-state index < -0.39 is 15.8 Å². The highest BCUT2D eigenvalue weighted by atomic mass is 35.5. The van der Waals surface area contributed by atoms with Gasteiger partial charge < -0.3 is 9.64 Å². The molecule has 0 fully saturated rings. The van der Waals surface area contributed by atoms with Crippen molar-refractivity contribution in [1.82, 2.24) is 0 Å². The van der Waals surface area contributed by atoms with Crippen LogP contribution in [0.15, 0.2) is 41.3 Å². The third kappa shape index (κ3) is 3.68. The molecule has 0 heterocycles. The van der Waals surface area contributed by atoms with E-state index in [1.807, 2.05) is 0 Å². The number of rotatable bonds is 5. The molecule has 2 aromatic carbocycles. The highest BCUT2D eigenvalue weighted by Crippen LogP contribution is 2.34. The van der Waals surface area contributed by atoms with Crippen molar-refractivity contribution in [3.05, 3.63) is 47.2 Å². The molecule has 0 aliphatic heterocycles. The van der Waals surface area contributed by atoms with E-state index >= 15 is 0 Å². The average molecular weight is 359 g/mol. The minimum absolute atomic E-state index is 0.0271. The molecular weight excluding hydrogens is 343 g/mol. The fourth-order valence-electron chi connectivity index (χ4n) is 2.07. The van der Waals surface area contributed by atoms with Gasteiger partial charge in [0.1, 0.15) is 0 Å². The summed E-state index contributed by atoms with van der Waals surface area (Å²) in [6, 6.07) is 8.29. The maximum absolute atomic E-state index is 13.7. The lowest BCUT2D eigenvalue weighted by atomic mass is 10.2. The van der Waals surface area contributed by atoms with Crippen molar-refractivity contribution in [3.8, 4) is 5.75 Å². The van der Waals surface area contributed by atoms with Crippen LogP contribution in [0.4, 0.5) is 15.8 Å². The Morgan fingerprint density at radius 2 is 1.91 bits per heavy atom. The lowest BCUT2D eigenvalue weighted by Crippen LogP contribution is -2.17. The van der Waals surface area contributed by atoms with Crippen molar-refractivity contribution in [2.45, 2.75) is 4.90 Å². The Hall–Kier alpha value is -1.99. The molecule has 8 heteroatoms. The zero-order valence-electron chi connectivity index (χ0n) is 12.8. The summed E-state index contributed by atoms with van der Waals surface area (Å²) < 4.78 is 45.9. The second-order valence-electron chi connectivity index (χ2n) is 4.93. The molecule has 1 N–H and O–H groups in total. The van der Waals surface area contributed by atoms with Crippen molar-refractivity contribution < 1.29 is 17.5 Å². The molecule has 0 aliphatic rings. The predicted octanol–water partition coefficient (Wildman–Crippen LogP) is 3.35. The van der Waals surface area contributed by atoms with Gasteiger partial charge in [-0.15, -0.1) is 0 Å². The lowest BCUT2D eigenvalue weighted by molar-refractivity contribution is 0.385. The second kappa shape index (κ2) is 6.64. The van der Waals surface area contributed by atoms with Gasteiger partial charge in [0.25, 0.3) is 10.0 Å². The van der Waals surface area contributed by atoms with Gasteiger partial charge in [0.05, 0.1) is 28.4 Å². The summed E-state index contributed by atoms with van der Waals surface area (Å²) in [4.78, 5) is 1.48. The van der Waals surface area contributed by atoms with E-state index in [2.05, 4.69) is 4.72 Å². The van der Waals surface area contributed by atoms with Crippen molar-refractivity contribution >= 4 is 33.0 Å². The Morgan fingerprint density at radius 1 is 1.22 bits per heavy atom. The summed E-state index contributed by atoms with van der Waals surface area (Å²) in [7, 11) is 0.826. The summed E-state index contributed by atoms with van der Waals surface area (Å²) >= 11 is 6.11. The van der Waals surface area contributed by atoms with E-state index in [9.17, 15) is 12.8 Å². The third-order valence-corrected chi connectivity index (χ3v) is 4.78.